The van der Waals surface area contributed by atoms with Gasteiger partial charge in [0.1, 0.15) is 5.82 Å². The Balaban J connectivity index is 2.16. The van der Waals surface area contributed by atoms with Crippen LogP contribution in [-0.4, -0.2) is 15.9 Å². The summed E-state index contributed by atoms with van der Waals surface area (Å²) >= 11 is 6.10. The summed E-state index contributed by atoms with van der Waals surface area (Å²) in [6.45, 7) is 1.94. The van der Waals surface area contributed by atoms with Crippen molar-refractivity contribution in [3.05, 3.63) is 75.3 Å². The van der Waals surface area contributed by atoms with Gasteiger partial charge in [-0.2, -0.15) is 9.78 Å². The molecule has 110 valence electrons. The van der Waals surface area contributed by atoms with E-state index in [1.54, 1.807) is 18.3 Å². The van der Waals surface area contributed by atoms with Crippen molar-refractivity contribution in [3.8, 4) is 0 Å². The van der Waals surface area contributed by atoms with E-state index in [0.717, 1.165) is 5.56 Å². The van der Waals surface area contributed by atoms with Gasteiger partial charge in [0.05, 0.1) is 17.1 Å². The van der Waals surface area contributed by atoms with Crippen LogP contribution >= 0.6 is 11.6 Å². The molecule has 0 unspecified atom stereocenters. The molecule has 22 heavy (non-hydrogen) atoms. The summed E-state index contributed by atoms with van der Waals surface area (Å²) in [4.78, 5) is 17.1. The minimum atomic E-state index is -0.175. The number of halogens is 1. The van der Waals surface area contributed by atoms with Crippen LogP contribution in [-0.2, 0) is 6.42 Å². The number of fused-ring (bicyclic) bond motifs is 1. The number of aryl methyl sites for hydroxylation is 1. The first-order chi connectivity index (χ1) is 10.7. The van der Waals surface area contributed by atoms with Crippen LogP contribution in [0.5, 0.6) is 0 Å². The Bertz CT molecular complexity index is 915. The van der Waals surface area contributed by atoms with Crippen LogP contribution < -0.4 is 5.56 Å². The van der Waals surface area contributed by atoms with Gasteiger partial charge in [-0.05, 0) is 18.2 Å². The molecular formula is C17H14ClN3O. The second kappa shape index (κ2) is 6.12. The standard InChI is InChI=1S/C17H14ClN3O/c1-2-16-20-15-10-6-4-8-13(15)17(22)21(16)19-11-12-7-3-5-9-14(12)18/h3-11H,2H2,1H3. The molecule has 0 aliphatic rings. The predicted octanol–water partition coefficient (Wildman–Crippen LogP) is 3.49. The summed E-state index contributed by atoms with van der Waals surface area (Å²) in [5, 5.41) is 5.43. The van der Waals surface area contributed by atoms with Crippen molar-refractivity contribution in [1.82, 2.24) is 9.66 Å². The molecule has 3 aromatic rings. The molecule has 0 amide bonds. The molecule has 0 saturated carbocycles. The van der Waals surface area contributed by atoms with Gasteiger partial charge in [-0.1, -0.05) is 48.9 Å². The molecule has 2 aromatic carbocycles. The maximum absolute atomic E-state index is 12.6. The van der Waals surface area contributed by atoms with E-state index in [9.17, 15) is 4.79 Å². The van der Waals surface area contributed by atoms with E-state index >= 15 is 0 Å². The van der Waals surface area contributed by atoms with E-state index in [-0.39, 0.29) is 5.56 Å². The molecule has 3 rings (SSSR count). The fourth-order valence-electron chi connectivity index (χ4n) is 2.22. The van der Waals surface area contributed by atoms with Gasteiger partial charge in [-0.25, -0.2) is 4.98 Å². The normalized spacial score (nSPS) is 11.4. The van der Waals surface area contributed by atoms with Gasteiger partial charge in [-0.15, -0.1) is 0 Å². The molecule has 1 aromatic heterocycles. The average Bonchev–Trinajstić information content (AvgIpc) is 2.55. The van der Waals surface area contributed by atoms with Crippen LogP contribution in [0.4, 0.5) is 0 Å². The second-order valence-corrected chi connectivity index (χ2v) is 5.19. The molecule has 0 N–H and O–H groups in total. The highest BCUT2D eigenvalue weighted by molar-refractivity contribution is 6.33. The Hall–Kier alpha value is -2.46. The Kier molecular flexibility index (Phi) is 4.02. The maximum Gasteiger partial charge on any atom is 0.282 e. The summed E-state index contributed by atoms with van der Waals surface area (Å²) < 4.78 is 1.34. The number of nitrogens with zero attached hydrogens (tertiary/aromatic N) is 3. The number of aromatic nitrogens is 2. The van der Waals surface area contributed by atoms with Crippen molar-refractivity contribution >= 4 is 28.7 Å². The first kappa shape index (κ1) is 14.5. The molecule has 5 heteroatoms. The third-order valence-electron chi connectivity index (χ3n) is 3.35. The lowest BCUT2D eigenvalue weighted by molar-refractivity contribution is 0.735. The Morgan fingerprint density at radius 1 is 1.18 bits per heavy atom. The quantitative estimate of drug-likeness (QED) is 0.695. The molecule has 0 bridgehead atoms. The minimum Gasteiger partial charge on any atom is -0.267 e. The number of hydrogen-bond donors (Lipinski definition) is 0. The van der Waals surface area contributed by atoms with Gasteiger partial charge in [0.25, 0.3) is 5.56 Å². The number of hydrogen-bond acceptors (Lipinski definition) is 3. The van der Waals surface area contributed by atoms with Gasteiger partial charge in [0, 0.05) is 17.0 Å². The third-order valence-corrected chi connectivity index (χ3v) is 3.70. The highest BCUT2D eigenvalue weighted by atomic mass is 35.5. The SMILES string of the molecule is CCc1nc2ccccc2c(=O)n1N=Cc1ccccc1Cl. The van der Waals surface area contributed by atoms with Crippen molar-refractivity contribution in [1.29, 1.82) is 0 Å². The molecule has 0 saturated heterocycles. The van der Waals surface area contributed by atoms with Crippen LogP contribution in [0.3, 0.4) is 0 Å². The fraction of sp³-hybridized carbons (Fsp3) is 0.118. The molecule has 1 heterocycles. The predicted molar refractivity (Wildman–Crippen MR) is 89.8 cm³/mol. The molecule has 4 nitrogen and oxygen atoms in total. The first-order valence-electron chi connectivity index (χ1n) is 7.00. The lowest BCUT2D eigenvalue weighted by Crippen LogP contribution is -2.22. The topological polar surface area (TPSA) is 47.2 Å². The van der Waals surface area contributed by atoms with Crippen LogP contribution in [0, 0.1) is 0 Å². The maximum atomic E-state index is 12.6. The van der Waals surface area contributed by atoms with Crippen LogP contribution in [0.25, 0.3) is 10.9 Å². The molecule has 0 radical (unpaired) electrons. The zero-order chi connectivity index (χ0) is 15.5. The summed E-state index contributed by atoms with van der Waals surface area (Å²) in [5.74, 6) is 0.618. The van der Waals surface area contributed by atoms with Crippen LogP contribution in [0.1, 0.15) is 18.3 Å². The Morgan fingerprint density at radius 3 is 2.68 bits per heavy atom. The molecule has 0 spiro atoms. The van der Waals surface area contributed by atoms with Crippen LogP contribution in [0.15, 0.2) is 58.4 Å². The zero-order valence-corrected chi connectivity index (χ0v) is 12.8. The van der Waals surface area contributed by atoms with Gasteiger partial charge in [0.2, 0.25) is 0 Å². The molecule has 0 aliphatic carbocycles. The number of rotatable bonds is 3. The van der Waals surface area contributed by atoms with Crippen molar-refractivity contribution in [2.45, 2.75) is 13.3 Å². The zero-order valence-electron chi connectivity index (χ0n) is 12.0. The Morgan fingerprint density at radius 2 is 1.91 bits per heavy atom. The van der Waals surface area contributed by atoms with E-state index in [0.29, 0.717) is 28.2 Å². The number of benzene rings is 2. The molecular weight excluding hydrogens is 298 g/mol. The Labute approximate surface area is 132 Å². The molecule has 0 aliphatic heterocycles. The largest absolute Gasteiger partial charge is 0.282 e. The van der Waals surface area contributed by atoms with Gasteiger partial charge in [0.15, 0.2) is 0 Å². The van der Waals surface area contributed by atoms with Crippen molar-refractivity contribution in [3.63, 3.8) is 0 Å². The summed E-state index contributed by atoms with van der Waals surface area (Å²) in [7, 11) is 0. The highest BCUT2D eigenvalue weighted by Gasteiger charge is 2.08. The average molecular weight is 312 g/mol. The monoisotopic (exact) mass is 311 g/mol. The second-order valence-electron chi connectivity index (χ2n) is 4.78. The van der Waals surface area contributed by atoms with Gasteiger partial charge < -0.3 is 0 Å². The summed E-state index contributed by atoms with van der Waals surface area (Å²) in [6.07, 6.45) is 2.19. The van der Waals surface area contributed by atoms with E-state index in [4.69, 9.17) is 11.6 Å². The lowest BCUT2D eigenvalue weighted by Gasteiger charge is -2.07. The fourth-order valence-corrected chi connectivity index (χ4v) is 2.40. The molecule has 0 fully saturated rings. The van der Waals surface area contributed by atoms with E-state index in [1.165, 1.54) is 4.68 Å². The first-order valence-corrected chi connectivity index (χ1v) is 7.38. The summed E-state index contributed by atoms with van der Waals surface area (Å²) in [6, 6.07) is 14.6. The van der Waals surface area contributed by atoms with Crippen LogP contribution in [0.2, 0.25) is 5.02 Å². The van der Waals surface area contributed by atoms with E-state index in [1.807, 2.05) is 43.3 Å². The molecule has 0 atom stereocenters. The lowest BCUT2D eigenvalue weighted by atomic mass is 10.2. The van der Waals surface area contributed by atoms with E-state index in [2.05, 4.69) is 10.1 Å². The highest BCUT2D eigenvalue weighted by Crippen LogP contribution is 2.13. The number of para-hydroxylation sites is 1. The minimum absolute atomic E-state index is 0.175. The van der Waals surface area contributed by atoms with Gasteiger partial charge in [-0.3, -0.25) is 4.79 Å². The summed E-state index contributed by atoms with van der Waals surface area (Å²) in [5.41, 5.74) is 1.27. The van der Waals surface area contributed by atoms with Crippen molar-refractivity contribution in [2.24, 2.45) is 5.10 Å². The van der Waals surface area contributed by atoms with Crippen molar-refractivity contribution < 1.29 is 0 Å². The van der Waals surface area contributed by atoms with Gasteiger partial charge >= 0.3 is 0 Å². The van der Waals surface area contributed by atoms with E-state index < -0.39 is 0 Å². The third kappa shape index (κ3) is 2.65. The van der Waals surface area contributed by atoms with Crippen molar-refractivity contribution in [2.75, 3.05) is 0 Å². The smallest absolute Gasteiger partial charge is 0.267 e.